The molecule has 0 saturated carbocycles. The van der Waals surface area contributed by atoms with Crippen molar-refractivity contribution in [3.05, 3.63) is 16.2 Å². The summed E-state index contributed by atoms with van der Waals surface area (Å²) in [7, 11) is -1.18. The van der Waals surface area contributed by atoms with E-state index in [2.05, 4.69) is 42.7 Å². The van der Waals surface area contributed by atoms with E-state index in [0.717, 1.165) is 28.2 Å². The van der Waals surface area contributed by atoms with E-state index in [1.54, 1.807) is 12.5 Å². The molecule has 1 aromatic rings. The van der Waals surface area contributed by atoms with Crippen LogP contribution < -0.4 is 4.90 Å². The summed E-state index contributed by atoms with van der Waals surface area (Å²) in [4.78, 5) is 15.1. The van der Waals surface area contributed by atoms with Gasteiger partial charge in [-0.3, -0.25) is 9.20 Å². The Morgan fingerprint density at radius 3 is 3.06 bits per heavy atom. The largest absolute Gasteiger partial charge is 0.305 e. The molecule has 0 saturated heterocycles. The van der Waals surface area contributed by atoms with Crippen molar-refractivity contribution in [1.29, 1.82) is 0 Å². The summed E-state index contributed by atoms with van der Waals surface area (Å²) in [6.07, 6.45) is 5.24. The lowest BCUT2D eigenvalue weighted by Crippen LogP contribution is -2.37. The van der Waals surface area contributed by atoms with Crippen molar-refractivity contribution in [2.24, 2.45) is 4.99 Å². The monoisotopic (exact) mass is 326 g/mol. The van der Waals surface area contributed by atoms with Crippen molar-refractivity contribution in [3.63, 3.8) is 0 Å². The van der Waals surface area contributed by atoms with Gasteiger partial charge in [0.1, 0.15) is 11.7 Å². The third kappa shape index (κ3) is 1.73. The van der Waals surface area contributed by atoms with E-state index in [4.69, 9.17) is 0 Å². The summed E-state index contributed by atoms with van der Waals surface area (Å²) in [5.41, 5.74) is 0.920. The Bertz CT molecular complexity index is 613. The van der Waals surface area contributed by atoms with Gasteiger partial charge in [0.15, 0.2) is 0 Å². The van der Waals surface area contributed by atoms with Crippen molar-refractivity contribution in [1.82, 2.24) is 9.97 Å². The van der Waals surface area contributed by atoms with E-state index in [1.807, 2.05) is 6.08 Å². The van der Waals surface area contributed by atoms with Gasteiger partial charge in [0.2, 0.25) is 5.16 Å². The highest BCUT2D eigenvalue weighted by molar-refractivity contribution is 9.12. The van der Waals surface area contributed by atoms with Crippen molar-refractivity contribution in [2.75, 3.05) is 17.7 Å². The molecule has 0 N–H and O–H groups in total. The van der Waals surface area contributed by atoms with Crippen LogP contribution in [0.5, 0.6) is 0 Å². The van der Waals surface area contributed by atoms with E-state index >= 15 is 0 Å². The Balaban J connectivity index is 2.19. The van der Waals surface area contributed by atoms with Gasteiger partial charge in [-0.2, -0.15) is 0 Å². The molecular formula is C11H11BrN4OS. The number of nitrogens with zero attached hydrogens (tertiary/aromatic N) is 4. The summed E-state index contributed by atoms with van der Waals surface area (Å²) >= 11 is 3.51. The quantitative estimate of drug-likeness (QED) is 0.735. The number of aliphatic imine (C=N–C) groups is 1. The number of aromatic nitrogens is 2. The number of hydrogen-bond acceptors (Lipinski definition) is 5. The summed E-state index contributed by atoms with van der Waals surface area (Å²) in [6.45, 7) is 2.84. The van der Waals surface area contributed by atoms with Crippen LogP contribution in [-0.4, -0.2) is 38.9 Å². The highest BCUT2D eigenvalue weighted by Gasteiger charge is 2.33. The van der Waals surface area contributed by atoms with Crippen molar-refractivity contribution in [2.45, 2.75) is 18.1 Å². The number of hydrogen-bond donors (Lipinski definition) is 0. The molecule has 0 bridgehead atoms. The van der Waals surface area contributed by atoms with Crippen LogP contribution in [0, 0.1) is 0 Å². The van der Waals surface area contributed by atoms with Crippen molar-refractivity contribution >= 4 is 44.5 Å². The molecule has 0 radical (unpaired) electrons. The average molecular weight is 327 g/mol. The van der Waals surface area contributed by atoms with E-state index < -0.39 is 10.8 Å². The maximum atomic E-state index is 11.5. The number of amidine groups is 1. The van der Waals surface area contributed by atoms with E-state index in [1.165, 1.54) is 0 Å². The van der Waals surface area contributed by atoms with Gasteiger partial charge in [0, 0.05) is 18.0 Å². The van der Waals surface area contributed by atoms with Crippen LogP contribution in [0.4, 0.5) is 5.82 Å². The standard InChI is InChI=1S/C11H11BrN4OS/c1-6-4-13-10-8(12)3-7-5-14-11(18(2)17)15-9(7)16(6)10/h3,5-6H,4H2,1-2H3. The fraction of sp³-hybridized carbons (Fsp3) is 0.364. The molecule has 3 rings (SSSR count). The Kier molecular flexibility index (Phi) is 2.82. The number of halogens is 1. The zero-order valence-electron chi connectivity index (χ0n) is 9.92. The minimum absolute atomic E-state index is 0.257. The van der Waals surface area contributed by atoms with Gasteiger partial charge in [0.05, 0.1) is 27.9 Å². The first-order valence-electron chi connectivity index (χ1n) is 5.49. The van der Waals surface area contributed by atoms with Crippen LogP contribution in [0.25, 0.3) is 6.08 Å². The molecular weight excluding hydrogens is 316 g/mol. The molecule has 2 aliphatic rings. The molecule has 7 heteroatoms. The van der Waals surface area contributed by atoms with E-state index in [-0.39, 0.29) is 6.04 Å². The minimum atomic E-state index is -1.18. The molecule has 0 amide bonds. The van der Waals surface area contributed by atoms with E-state index in [9.17, 15) is 4.21 Å². The first kappa shape index (κ1) is 12.0. The fourth-order valence-electron chi connectivity index (χ4n) is 2.09. The Morgan fingerprint density at radius 2 is 2.33 bits per heavy atom. The lowest BCUT2D eigenvalue weighted by Gasteiger charge is -2.28. The maximum absolute atomic E-state index is 11.5. The van der Waals surface area contributed by atoms with Gasteiger partial charge in [-0.1, -0.05) is 0 Å². The molecule has 1 aromatic heterocycles. The first-order chi connectivity index (χ1) is 8.58. The number of anilines is 1. The molecule has 5 nitrogen and oxygen atoms in total. The third-order valence-electron chi connectivity index (χ3n) is 2.93. The van der Waals surface area contributed by atoms with Gasteiger partial charge in [-0.05, 0) is 28.9 Å². The van der Waals surface area contributed by atoms with Crippen molar-refractivity contribution in [3.8, 4) is 0 Å². The normalized spacial score (nSPS) is 23.1. The summed E-state index contributed by atoms with van der Waals surface area (Å²) in [6, 6.07) is 0.257. The van der Waals surface area contributed by atoms with Crippen LogP contribution in [0.3, 0.4) is 0 Å². The molecule has 94 valence electrons. The molecule has 0 spiro atoms. The predicted octanol–water partition coefficient (Wildman–Crippen LogP) is 1.57. The van der Waals surface area contributed by atoms with Crippen LogP contribution in [-0.2, 0) is 10.8 Å². The third-order valence-corrected chi connectivity index (χ3v) is 4.22. The second-order valence-corrected chi connectivity index (χ2v) is 6.39. The van der Waals surface area contributed by atoms with Crippen molar-refractivity contribution < 1.29 is 4.21 Å². The van der Waals surface area contributed by atoms with Crippen LogP contribution in [0.15, 0.2) is 20.8 Å². The zero-order chi connectivity index (χ0) is 12.9. The summed E-state index contributed by atoms with van der Waals surface area (Å²) in [5, 5.41) is 0.360. The molecule has 3 heterocycles. The lowest BCUT2D eigenvalue weighted by atomic mass is 10.1. The number of rotatable bonds is 1. The predicted molar refractivity (Wildman–Crippen MR) is 75.5 cm³/mol. The molecule has 18 heavy (non-hydrogen) atoms. The molecule has 2 aliphatic heterocycles. The van der Waals surface area contributed by atoms with Gasteiger partial charge in [-0.15, -0.1) is 0 Å². The van der Waals surface area contributed by atoms with Gasteiger partial charge >= 0.3 is 0 Å². The Morgan fingerprint density at radius 1 is 1.56 bits per heavy atom. The summed E-state index contributed by atoms with van der Waals surface area (Å²) < 4.78 is 12.4. The molecule has 0 aromatic carbocycles. The molecule has 2 unspecified atom stereocenters. The zero-order valence-corrected chi connectivity index (χ0v) is 12.3. The molecule has 0 fully saturated rings. The van der Waals surface area contributed by atoms with Crippen LogP contribution >= 0.6 is 15.9 Å². The lowest BCUT2D eigenvalue weighted by molar-refractivity contribution is 0.678. The first-order valence-corrected chi connectivity index (χ1v) is 7.84. The number of fused-ring (bicyclic) bond motifs is 3. The Labute approximate surface area is 116 Å². The minimum Gasteiger partial charge on any atom is -0.305 e. The van der Waals surface area contributed by atoms with Crippen LogP contribution in [0.2, 0.25) is 0 Å². The Hall–Kier alpha value is -1.08. The van der Waals surface area contributed by atoms with E-state index in [0.29, 0.717) is 5.16 Å². The van der Waals surface area contributed by atoms with Gasteiger partial charge < -0.3 is 4.90 Å². The highest BCUT2D eigenvalue weighted by atomic mass is 79.9. The van der Waals surface area contributed by atoms with Crippen LogP contribution in [0.1, 0.15) is 12.5 Å². The molecule has 2 atom stereocenters. The second kappa shape index (κ2) is 4.24. The average Bonchev–Trinajstić information content (AvgIpc) is 2.72. The SMILES string of the molecule is CC1CN=C2C(Br)=Cc3cnc(S(C)=O)nc3N21. The maximum Gasteiger partial charge on any atom is 0.220 e. The van der Waals surface area contributed by atoms with Gasteiger partial charge in [-0.25, -0.2) is 9.97 Å². The second-order valence-electron chi connectivity index (χ2n) is 4.26. The fourth-order valence-corrected chi connectivity index (χ4v) is 3.06. The van der Waals surface area contributed by atoms with Gasteiger partial charge in [0.25, 0.3) is 0 Å². The smallest absolute Gasteiger partial charge is 0.220 e. The topological polar surface area (TPSA) is 58.5 Å². The summed E-state index contributed by atoms with van der Waals surface area (Å²) in [5.74, 6) is 1.68. The molecule has 0 aliphatic carbocycles. The highest BCUT2D eigenvalue weighted by Crippen LogP contribution is 2.34.